The number of aromatic nitrogens is 2. The number of halogens is 1. The van der Waals surface area contributed by atoms with Crippen molar-refractivity contribution in [2.24, 2.45) is 0 Å². The Hall–Kier alpha value is -3.55. The van der Waals surface area contributed by atoms with Gasteiger partial charge in [-0.05, 0) is 68.7 Å². The van der Waals surface area contributed by atoms with Gasteiger partial charge in [0.25, 0.3) is 5.91 Å². The molecule has 36 heavy (non-hydrogen) atoms. The quantitative estimate of drug-likeness (QED) is 0.487. The van der Waals surface area contributed by atoms with Gasteiger partial charge in [-0.25, -0.2) is 9.07 Å². The summed E-state index contributed by atoms with van der Waals surface area (Å²) in [6.45, 7) is 1.25. The van der Waals surface area contributed by atoms with Crippen molar-refractivity contribution in [3.8, 4) is 22.9 Å². The van der Waals surface area contributed by atoms with Crippen LogP contribution in [-0.4, -0.2) is 55.0 Å². The number of hydrogen-bond donors (Lipinski definition) is 0. The van der Waals surface area contributed by atoms with Gasteiger partial charge in [0.05, 0.1) is 27.0 Å². The second-order valence-electron chi connectivity index (χ2n) is 9.38. The highest BCUT2D eigenvalue weighted by molar-refractivity contribution is 5.94. The second-order valence-corrected chi connectivity index (χ2v) is 9.38. The summed E-state index contributed by atoms with van der Waals surface area (Å²) in [6.07, 6.45) is 5.41. The molecule has 1 aliphatic carbocycles. The predicted octanol–water partition coefficient (Wildman–Crippen LogP) is 4.94. The number of likely N-dealkylation sites (tertiary alicyclic amines) is 1. The van der Waals surface area contributed by atoms with Gasteiger partial charge in [0, 0.05) is 42.0 Å². The minimum atomic E-state index is -0.288. The van der Waals surface area contributed by atoms with Crippen LogP contribution >= 0.6 is 0 Å². The molecule has 3 aromatic rings. The van der Waals surface area contributed by atoms with Crippen LogP contribution in [0.3, 0.4) is 0 Å². The molecule has 0 saturated carbocycles. The number of fused-ring (bicyclic) bond motifs is 1. The van der Waals surface area contributed by atoms with Crippen LogP contribution in [0.2, 0.25) is 0 Å². The third-order valence-corrected chi connectivity index (χ3v) is 7.40. The Kier molecular flexibility index (Phi) is 6.85. The topological polar surface area (TPSA) is 65.8 Å². The fourth-order valence-corrected chi connectivity index (χ4v) is 5.52. The fourth-order valence-electron chi connectivity index (χ4n) is 5.52. The van der Waals surface area contributed by atoms with E-state index in [-0.39, 0.29) is 17.6 Å². The monoisotopic (exact) mass is 493 g/mol. The maximum absolute atomic E-state index is 13.7. The molecule has 0 bridgehead atoms. The number of hydrogen-bond acceptors (Lipinski definition) is 5. The first kappa shape index (κ1) is 24.2. The largest absolute Gasteiger partial charge is 0.496 e. The summed E-state index contributed by atoms with van der Waals surface area (Å²) in [5, 5.41) is 4.77. The number of nitrogens with zero attached hydrogens (tertiary/aromatic N) is 3. The van der Waals surface area contributed by atoms with Crippen LogP contribution < -0.4 is 14.2 Å². The van der Waals surface area contributed by atoms with Crippen molar-refractivity contribution in [3.63, 3.8) is 0 Å². The van der Waals surface area contributed by atoms with Gasteiger partial charge in [-0.15, -0.1) is 0 Å². The van der Waals surface area contributed by atoms with Gasteiger partial charge in [-0.2, -0.15) is 5.10 Å². The molecule has 8 heteroatoms. The van der Waals surface area contributed by atoms with E-state index in [2.05, 4.69) is 0 Å². The van der Waals surface area contributed by atoms with Crippen molar-refractivity contribution < 1.29 is 23.4 Å². The van der Waals surface area contributed by atoms with Crippen LogP contribution in [0, 0.1) is 5.82 Å². The average molecular weight is 494 g/mol. The summed E-state index contributed by atoms with van der Waals surface area (Å²) < 4.78 is 32.0. The normalized spacial score (nSPS) is 15.9. The molecule has 1 aliphatic heterocycles. The maximum Gasteiger partial charge on any atom is 0.274 e. The van der Waals surface area contributed by atoms with Gasteiger partial charge >= 0.3 is 0 Å². The summed E-state index contributed by atoms with van der Waals surface area (Å²) in [5.41, 5.74) is 4.44. The van der Waals surface area contributed by atoms with Crippen molar-refractivity contribution in [1.29, 1.82) is 0 Å². The molecule has 190 valence electrons. The minimum Gasteiger partial charge on any atom is -0.496 e. The first-order valence-corrected chi connectivity index (χ1v) is 12.5. The molecule has 0 atom stereocenters. The number of amides is 1. The molecule has 1 saturated heterocycles. The van der Waals surface area contributed by atoms with Crippen LogP contribution in [0.4, 0.5) is 4.39 Å². The lowest BCUT2D eigenvalue weighted by Gasteiger charge is -2.33. The van der Waals surface area contributed by atoms with Gasteiger partial charge in [-0.3, -0.25) is 4.79 Å². The summed E-state index contributed by atoms with van der Waals surface area (Å²) in [4.78, 5) is 15.6. The third-order valence-electron chi connectivity index (χ3n) is 7.40. The Bertz CT molecular complexity index is 1220. The van der Waals surface area contributed by atoms with Crippen LogP contribution in [0.5, 0.6) is 17.2 Å². The standard InChI is InChI=1S/C28H32FN3O4/c1-34-21-16-24(35-2)26(25(17-21)36-3)18-12-14-31(15-13-18)28(33)27-22-6-4-5-7-23(22)32(30-27)20-10-8-19(29)9-11-20/h8-11,16-18H,4-7,12-15H2,1-3H3. The highest BCUT2D eigenvalue weighted by atomic mass is 19.1. The number of ether oxygens (including phenoxy) is 3. The smallest absolute Gasteiger partial charge is 0.274 e. The molecule has 1 fully saturated rings. The van der Waals surface area contributed by atoms with E-state index >= 15 is 0 Å². The summed E-state index contributed by atoms with van der Waals surface area (Å²) in [5.74, 6) is 2.05. The van der Waals surface area contributed by atoms with E-state index in [1.807, 2.05) is 21.7 Å². The first-order valence-electron chi connectivity index (χ1n) is 12.5. The van der Waals surface area contributed by atoms with Crippen molar-refractivity contribution in [2.45, 2.75) is 44.4 Å². The Labute approximate surface area is 210 Å². The van der Waals surface area contributed by atoms with E-state index in [1.54, 1.807) is 33.5 Å². The zero-order valence-electron chi connectivity index (χ0n) is 21.1. The van der Waals surface area contributed by atoms with E-state index < -0.39 is 0 Å². The van der Waals surface area contributed by atoms with Crippen molar-refractivity contribution in [2.75, 3.05) is 34.4 Å². The lowest BCUT2D eigenvalue weighted by atomic mass is 9.87. The van der Waals surface area contributed by atoms with E-state index in [0.717, 1.165) is 72.5 Å². The van der Waals surface area contributed by atoms with Crippen molar-refractivity contribution >= 4 is 5.91 Å². The SMILES string of the molecule is COc1cc(OC)c(C2CCN(C(=O)c3nn(-c4ccc(F)cc4)c4c3CCCC4)CC2)c(OC)c1. The molecule has 0 radical (unpaired) electrons. The van der Waals surface area contributed by atoms with Crippen molar-refractivity contribution in [3.05, 3.63) is 64.7 Å². The first-order chi connectivity index (χ1) is 17.5. The molecule has 0 spiro atoms. The Morgan fingerprint density at radius 3 is 2.19 bits per heavy atom. The highest BCUT2D eigenvalue weighted by Gasteiger charge is 2.33. The number of rotatable bonds is 6. The molecule has 1 amide bonds. The number of carbonyl (C=O) groups excluding carboxylic acids is 1. The van der Waals surface area contributed by atoms with Crippen LogP contribution in [-0.2, 0) is 12.8 Å². The highest BCUT2D eigenvalue weighted by Crippen LogP contribution is 2.43. The van der Waals surface area contributed by atoms with Crippen molar-refractivity contribution in [1.82, 2.24) is 14.7 Å². The Balaban J connectivity index is 1.38. The van der Waals surface area contributed by atoms with Gasteiger partial charge < -0.3 is 19.1 Å². The second kappa shape index (κ2) is 10.2. The molecule has 5 rings (SSSR count). The summed E-state index contributed by atoms with van der Waals surface area (Å²) in [7, 11) is 4.92. The molecule has 2 aromatic carbocycles. The molecular weight excluding hydrogens is 461 g/mol. The minimum absolute atomic E-state index is 0.0267. The zero-order chi connectivity index (χ0) is 25.2. The predicted molar refractivity (Wildman–Crippen MR) is 134 cm³/mol. The lowest BCUT2D eigenvalue weighted by Crippen LogP contribution is -2.38. The molecule has 7 nitrogen and oxygen atoms in total. The fraction of sp³-hybridized carbons (Fsp3) is 0.429. The number of benzene rings is 2. The van der Waals surface area contributed by atoms with Gasteiger partial charge in [0.1, 0.15) is 23.1 Å². The molecule has 0 unspecified atom stereocenters. The Morgan fingerprint density at radius 2 is 1.58 bits per heavy atom. The maximum atomic E-state index is 13.7. The third kappa shape index (κ3) is 4.40. The number of methoxy groups -OCH3 is 3. The molecule has 2 heterocycles. The van der Waals surface area contributed by atoms with Gasteiger partial charge in [0.2, 0.25) is 0 Å². The van der Waals surface area contributed by atoms with Crippen LogP contribution in [0.25, 0.3) is 5.69 Å². The average Bonchev–Trinajstić information content (AvgIpc) is 3.32. The van der Waals surface area contributed by atoms with E-state index in [9.17, 15) is 9.18 Å². The molecule has 2 aliphatic rings. The Morgan fingerprint density at radius 1 is 0.944 bits per heavy atom. The van der Waals surface area contributed by atoms with E-state index in [4.69, 9.17) is 19.3 Å². The zero-order valence-corrected chi connectivity index (χ0v) is 21.1. The number of carbonyl (C=O) groups is 1. The summed E-state index contributed by atoms with van der Waals surface area (Å²) in [6, 6.07) is 10.0. The molecular formula is C28H32FN3O4. The van der Waals surface area contributed by atoms with E-state index in [1.165, 1.54) is 12.1 Å². The molecule has 1 aromatic heterocycles. The van der Waals surface area contributed by atoms with Crippen LogP contribution in [0.15, 0.2) is 36.4 Å². The van der Waals surface area contributed by atoms with Crippen LogP contribution in [0.1, 0.15) is 58.9 Å². The van der Waals surface area contributed by atoms with Gasteiger partial charge in [-0.1, -0.05) is 0 Å². The van der Waals surface area contributed by atoms with Gasteiger partial charge in [0.15, 0.2) is 5.69 Å². The lowest BCUT2D eigenvalue weighted by molar-refractivity contribution is 0.0704. The number of piperidine rings is 1. The molecule has 0 N–H and O–H groups in total. The van der Waals surface area contributed by atoms with E-state index in [0.29, 0.717) is 24.5 Å². The summed E-state index contributed by atoms with van der Waals surface area (Å²) >= 11 is 0.